The van der Waals surface area contributed by atoms with Gasteiger partial charge in [0.2, 0.25) is 0 Å². The molecule has 0 saturated heterocycles. The van der Waals surface area contributed by atoms with Gasteiger partial charge in [0.25, 0.3) is 10.0 Å². The maximum atomic E-state index is 12.1. The third-order valence-corrected chi connectivity index (χ3v) is 3.77. The molecule has 1 aromatic carbocycles. The van der Waals surface area contributed by atoms with Gasteiger partial charge in [-0.15, -0.1) is 0 Å². The SMILES string of the molecule is Cc1cc(NS(=O)(=O)c2ccc(N)cc2)nc(C)n1.[NaH]. The molecule has 1 heterocycles. The zero-order valence-corrected chi connectivity index (χ0v) is 11.4. The molecule has 0 radical (unpaired) electrons. The van der Waals surface area contributed by atoms with Gasteiger partial charge < -0.3 is 5.73 Å². The van der Waals surface area contributed by atoms with Gasteiger partial charge in [-0.3, -0.25) is 4.72 Å². The van der Waals surface area contributed by atoms with Crippen LogP contribution in [0, 0.1) is 13.8 Å². The van der Waals surface area contributed by atoms with E-state index in [-0.39, 0.29) is 40.3 Å². The molecule has 1 aromatic heterocycles. The molecule has 0 amide bonds. The molecule has 0 aliphatic rings. The molecule has 3 N–H and O–H groups in total. The quantitative estimate of drug-likeness (QED) is 0.646. The van der Waals surface area contributed by atoms with Crippen molar-refractivity contribution < 1.29 is 8.42 Å². The summed E-state index contributed by atoms with van der Waals surface area (Å²) in [6, 6.07) is 7.52. The van der Waals surface area contributed by atoms with Gasteiger partial charge in [-0.05, 0) is 38.1 Å². The molecular formula is C12H15N4NaO2S. The molecule has 0 unspecified atom stereocenters. The van der Waals surface area contributed by atoms with Gasteiger partial charge in [0.05, 0.1) is 4.90 Å². The summed E-state index contributed by atoms with van der Waals surface area (Å²) < 4.78 is 26.7. The summed E-state index contributed by atoms with van der Waals surface area (Å²) in [4.78, 5) is 8.26. The number of aromatic nitrogens is 2. The van der Waals surface area contributed by atoms with Gasteiger partial charge in [-0.25, -0.2) is 18.4 Å². The summed E-state index contributed by atoms with van der Waals surface area (Å²) in [7, 11) is -3.66. The maximum absolute atomic E-state index is 12.1. The van der Waals surface area contributed by atoms with E-state index in [1.807, 2.05) is 0 Å². The minimum absolute atomic E-state index is 0. The second-order valence-electron chi connectivity index (χ2n) is 4.12. The number of anilines is 2. The Labute approximate surface area is 140 Å². The van der Waals surface area contributed by atoms with Crippen molar-refractivity contribution in [2.24, 2.45) is 0 Å². The van der Waals surface area contributed by atoms with E-state index in [2.05, 4.69) is 14.7 Å². The summed E-state index contributed by atoms with van der Waals surface area (Å²) in [6.07, 6.45) is 0. The first kappa shape index (κ1) is 16.9. The van der Waals surface area contributed by atoms with Gasteiger partial charge in [0, 0.05) is 17.4 Å². The Morgan fingerprint density at radius 3 is 2.25 bits per heavy atom. The Kier molecular flexibility index (Phi) is 5.52. The van der Waals surface area contributed by atoms with E-state index in [9.17, 15) is 8.42 Å². The monoisotopic (exact) mass is 302 g/mol. The van der Waals surface area contributed by atoms with Crippen molar-refractivity contribution in [2.75, 3.05) is 10.5 Å². The summed E-state index contributed by atoms with van der Waals surface area (Å²) in [6.45, 7) is 3.48. The molecule has 6 nitrogen and oxygen atoms in total. The average Bonchev–Trinajstić information content (AvgIpc) is 2.27. The molecule has 0 fully saturated rings. The standard InChI is InChI=1S/C12H14N4O2S.Na.H/c1-8-7-12(15-9(2)14-8)16-19(17,18)11-5-3-10(13)4-6-11;;/h3-7H,13H2,1-2H3,(H,14,15,16);;. The number of nitrogens with one attached hydrogen (secondary N) is 1. The molecule has 2 aromatic rings. The van der Waals surface area contributed by atoms with Crippen molar-refractivity contribution in [2.45, 2.75) is 18.7 Å². The topological polar surface area (TPSA) is 98.0 Å². The molecule has 0 atom stereocenters. The van der Waals surface area contributed by atoms with Crippen LogP contribution in [0.1, 0.15) is 11.5 Å². The molecule has 2 rings (SSSR count). The first-order valence-corrected chi connectivity index (χ1v) is 7.06. The van der Waals surface area contributed by atoms with Crippen LogP contribution in [0.2, 0.25) is 0 Å². The average molecular weight is 302 g/mol. The van der Waals surface area contributed by atoms with Gasteiger partial charge in [-0.1, -0.05) is 0 Å². The molecule has 0 aliphatic carbocycles. The van der Waals surface area contributed by atoms with Crippen LogP contribution in [-0.4, -0.2) is 47.9 Å². The number of sulfonamides is 1. The van der Waals surface area contributed by atoms with E-state index in [4.69, 9.17) is 5.73 Å². The summed E-state index contributed by atoms with van der Waals surface area (Å²) in [5.74, 6) is 0.761. The number of nitrogens with zero attached hydrogens (tertiary/aromatic N) is 2. The number of hydrogen-bond acceptors (Lipinski definition) is 5. The van der Waals surface area contributed by atoms with Crippen molar-refractivity contribution >= 4 is 51.1 Å². The first-order chi connectivity index (χ1) is 8.87. The van der Waals surface area contributed by atoms with Crippen LogP contribution in [0.4, 0.5) is 11.5 Å². The summed E-state index contributed by atoms with van der Waals surface area (Å²) >= 11 is 0. The third kappa shape index (κ3) is 4.17. The van der Waals surface area contributed by atoms with Crippen molar-refractivity contribution in [1.82, 2.24) is 9.97 Å². The zero-order chi connectivity index (χ0) is 14.0. The number of nitrogen functional groups attached to an aromatic ring is 1. The molecule has 0 spiro atoms. The van der Waals surface area contributed by atoms with Crippen LogP contribution < -0.4 is 10.5 Å². The third-order valence-electron chi connectivity index (χ3n) is 2.40. The molecule has 102 valence electrons. The van der Waals surface area contributed by atoms with Crippen LogP contribution in [0.3, 0.4) is 0 Å². The van der Waals surface area contributed by atoms with Crippen LogP contribution in [0.25, 0.3) is 0 Å². The Balaban J connectivity index is 0.00000200. The van der Waals surface area contributed by atoms with Gasteiger partial charge in [-0.2, -0.15) is 0 Å². The van der Waals surface area contributed by atoms with Gasteiger partial charge >= 0.3 is 29.6 Å². The second-order valence-corrected chi connectivity index (χ2v) is 5.80. The Hall–Kier alpha value is -1.15. The number of rotatable bonds is 3. The molecule has 8 heteroatoms. The van der Waals surface area contributed by atoms with E-state index in [0.717, 1.165) is 0 Å². The molecule has 0 aliphatic heterocycles. The number of hydrogen-bond donors (Lipinski definition) is 2. The Morgan fingerprint density at radius 1 is 1.10 bits per heavy atom. The predicted molar refractivity (Wildman–Crippen MR) is 80.3 cm³/mol. The van der Waals surface area contributed by atoms with Gasteiger partial charge in [0.15, 0.2) is 0 Å². The fourth-order valence-corrected chi connectivity index (χ4v) is 2.60. The number of nitrogens with two attached hydrogens (primary N) is 1. The molecule has 0 bridgehead atoms. The fraction of sp³-hybridized carbons (Fsp3) is 0.167. The number of aryl methyl sites for hydroxylation is 2. The first-order valence-electron chi connectivity index (χ1n) is 5.57. The van der Waals surface area contributed by atoms with Crippen molar-refractivity contribution in [3.8, 4) is 0 Å². The van der Waals surface area contributed by atoms with E-state index < -0.39 is 10.0 Å². The zero-order valence-electron chi connectivity index (χ0n) is 10.6. The van der Waals surface area contributed by atoms with Crippen molar-refractivity contribution in [3.63, 3.8) is 0 Å². The van der Waals surface area contributed by atoms with Gasteiger partial charge in [0.1, 0.15) is 11.6 Å². The fourth-order valence-electron chi connectivity index (χ4n) is 1.61. The van der Waals surface area contributed by atoms with Crippen LogP contribution in [-0.2, 0) is 10.0 Å². The van der Waals surface area contributed by atoms with Crippen molar-refractivity contribution in [1.29, 1.82) is 0 Å². The Morgan fingerprint density at radius 2 is 1.70 bits per heavy atom. The van der Waals surface area contributed by atoms with Crippen LogP contribution in [0.5, 0.6) is 0 Å². The van der Waals surface area contributed by atoms with E-state index in [1.165, 1.54) is 24.3 Å². The molecule has 20 heavy (non-hydrogen) atoms. The number of benzene rings is 1. The van der Waals surface area contributed by atoms with E-state index in [1.54, 1.807) is 19.9 Å². The molecular weight excluding hydrogens is 287 g/mol. The Bertz CT molecular complexity index is 682. The summed E-state index contributed by atoms with van der Waals surface area (Å²) in [5.41, 5.74) is 6.73. The second kappa shape index (κ2) is 6.53. The normalized spacial score (nSPS) is 10.7. The van der Waals surface area contributed by atoms with Crippen molar-refractivity contribution in [3.05, 3.63) is 41.9 Å². The van der Waals surface area contributed by atoms with Crippen LogP contribution in [0.15, 0.2) is 35.2 Å². The van der Waals surface area contributed by atoms with Crippen LogP contribution >= 0.6 is 0 Å². The predicted octanol–water partition coefficient (Wildman–Crippen LogP) is 0.828. The molecule has 0 saturated carbocycles. The summed E-state index contributed by atoms with van der Waals surface area (Å²) in [5, 5.41) is 0. The van der Waals surface area contributed by atoms with E-state index >= 15 is 0 Å². The minimum atomic E-state index is -3.66. The van der Waals surface area contributed by atoms with E-state index in [0.29, 0.717) is 17.2 Å².